The van der Waals surface area contributed by atoms with Gasteiger partial charge in [0.15, 0.2) is 0 Å². The molecule has 6 heteroatoms. The van der Waals surface area contributed by atoms with Crippen molar-refractivity contribution < 1.29 is 9.59 Å². The number of likely N-dealkylation sites (tertiary alicyclic amines) is 1. The Hall–Kier alpha value is -1.92. The second kappa shape index (κ2) is 13.8. The molecule has 1 aromatic carbocycles. The van der Waals surface area contributed by atoms with Crippen LogP contribution in [0.4, 0.5) is 0 Å². The van der Waals surface area contributed by atoms with E-state index in [1.165, 1.54) is 18.4 Å². The fourth-order valence-electron chi connectivity index (χ4n) is 5.56. The van der Waals surface area contributed by atoms with Crippen LogP contribution in [0.5, 0.6) is 0 Å². The van der Waals surface area contributed by atoms with Crippen LogP contribution in [-0.2, 0) is 16.0 Å². The minimum absolute atomic E-state index is 0.0716. The van der Waals surface area contributed by atoms with Crippen molar-refractivity contribution in [2.45, 2.75) is 89.3 Å². The average molecular weight is 471 g/mol. The van der Waals surface area contributed by atoms with Crippen LogP contribution in [-0.4, -0.2) is 73.5 Å². The summed E-state index contributed by atoms with van der Waals surface area (Å²) in [4.78, 5) is 30.9. The van der Waals surface area contributed by atoms with Gasteiger partial charge in [0.05, 0.1) is 6.04 Å². The third-order valence-corrected chi connectivity index (χ3v) is 7.79. The Morgan fingerprint density at radius 2 is 1.79 bits per heavy atom. The van der Waals surface area contributed by atoms with Gasteiger partial charge in [-0.3, -0.25) is 9.59 Å². The molecule has 3 rings (SSSR count). The summed E-state index contributed by atoms with van der Waals surface area (Å²) in [5, 5.41) is 6.15. The van der Waals surface area contributed by atoms with E-state index in [-0.39, 0.29) is 35.9 Å². The van der Waals surface area contributed by atoms with E-state index in [0.29, 0.717) is 0 Å². The van der Waals surface area contributed by atoms with E-state index in [0.717, 1.165) is 71.0 Å². The summed E-state index contributed by atoms with van der Waals surface area (Å²) in [5.41, 5.74) is 1.40. The van der Waals surface area contributed by atoms with Crippen LogP contribution in [0.25, 0.3) is 0 Å². The number of nitrogens with zero attached hydrogens (tertiary/aromatic N) is 2. The number of nitrogens with one attached hydrogen (secondary N) is 2. The van der Waals surface area contributed by atoms with Crippen molar-refractivity contribution in [3.05, 3.63) is 35.9 Å². The number of benzene rings is 1. The normalized spacial score (nSPS) is 20.9. The molecule has 6 nitrogen and oxygen atoms in total. The molecule has 0 radical (unpaired) electrons. The van der Waals surface area contributed by atoms with E-state index < -0.39 is 0 Å². The van der Waals surface area contributed by atoms with Crippen LogP contribution >= 0.6 is 0 Å². The molecule has 190 valence electrons. The lowest BCUT2D eigenvalue weighted by molar-refractivity contribution is -0.139. The van der Waals surface area contributed by atoms with Crippen LogP contribution in [0, 0.1) is 5.92 Å². The Morgan fingerprint density at radius 3 is 2.50 bits per heavy atom. The standard InChI is InChI=1S/C28H46N4O2/c1-22(29-2)27(33)30-26(24-16-8-5-9-17-24)28(34)32-20-12-18-25(32)21-31(3)19-11-10-15-23-13-6-4-7-14-23/h4,6-7,13-14,22,24-26,29H,5,8-12,15-21H2,1-3H3,(H,30,33)/t22-,25?,26-/m0/s1. The Bertz CT molecular complexity index is 750. The van der Waals surface area contributed by atoms with E-state index in [4.69, 9.17) is 0 Å². The predicted molar refractivity (Wildman–Crippen MR) is 139 cm³/mol. The molecule has 2 aliphatic rings. The van der Waals surface area contributed by atoms with E-state index in [1.54, 1.807) is 7.05 Å². The molecular weight excluding hydrogens is 424 g/mol. The number of aryl methyl sites for hydroxylation is 1. The molecule has 1 unspecified atom stereocenters. The van der Waals surface area contributed by atoms with Gasteiger partial charge in [-0.25, -0.2) is 0 Å². The summed E-state index contributed by atoms with van der Waals surface area (Å²) < 4.78 is 0. The molecule has 1 saturated carbocycles. The van der Waals surface area contributed by atoms with Crippen molar-refractivity contribution in [3.63, 3.8) is 0 Å². The Morgan fingerprint density at radius 1 is 1.06 bits per heavy atom. The number of hydrogen-bond acceptors (Lipinski definition) is 4. The first-order chi connectivity index (χ1) is 16.5. The van der Waals surface area contributed by atoms with Crippen molar-refractivity contribution >= 4 is 11.8 Å². The summed E-state index contributed by atoms with van der Waals surface area (Å²) >= 11 is 0. The molecule has 1 heterocycles. The van der Waals surface area contributed by atoms with E-state index >= 15 is 0 Å². The number of amides is 2. The summed E-state index contributed by atoms with van der Waals surface area (Å²) in [7, 11) is 3.96. The number of hydrogen-bond donors (Lipinski definition) is 2. The zero-order valence-corrected chi connectivity index (χ0v) is 21.6. The Kier molecular flexibility index (Phi) is 10.9. The maximum atomic E-state index is 13.8. The summed E-state index contributed by atoms with van der Waals surface area (Å²) in [6, 6.07) is 10.2. The number of rotatable bonds is 12. The number of carbonyl (C=O) groups excluding carboxylic acids is 2. The monoisotopic (exact) mass is 470 g/mol. The van der Waals surface area contributed by atoms with Gasteiger partial charge in [-0.1, -0.05) is 49.6 Å². The predicted octanol–water partition coefficient (Wildman–Crippen LogP) is 3.61. The van der Waals surface area contributed by atoms with Gasteiger partial charge in [-0.2, -0.15) is 0 Å². The molecule has 0 aromatic heterocycles. The molecular formula is C28H46N4O2. The highest BCUT2D eigenvalue weighted by molar-refractivity contribution is 5.90. The lowest BCUT2D eigenvalue weighted by Gasteiger charge is -2.36. The van der Waals surface area contributed by atoms with Crippen molar-refractivity contribution in [2.24, 2.45) is 5.92 Å². The first-order valence-corrected chi connectivity index (χ1v) is 13.5. The smallest absolute Gasteiger partial charge is 0.245 e. The van der Waals surface area contributed by atoms with Gasteiger partial charge in [-0.05, 0) is 84.0 Å². The Labute approximate surface area is 206 Å². The fourth-order valence-corrected chi connectivity index (χ4v) is 5.56. The number of likely N-dealkylation sites (N-methyl/N-ethyl adjacent to an activating group) is 2. The highest BCUT2D eigenvalue weighted by Gasteiger charge is 2.38. The molecule has 0 bridgehead atoms. The van der Waals surface area contributed by atoms with E-state index in [9.17, 15) is 9.59 Å². The first kappa shape index (κ1) is 26.7. The van der Waals surface area contributed by atoms with Crippen molar-refractivity contribution in [1.29, 1.82) is 0 Å². The average Bonchev–Trinajstić information content (AvgIpc) is 3.33. The summed E-state index contributed by atoms with van der Waals surface area (Å²) in [6.07, 6.45) is 11.2. The highest BCUT2D eigenvalue weighted by Crippen LogP contribution is 2.29. The fraction of sp³-hybridized carbons (Fsp3) is 0.714. The van der Waals surface area contributed by atoms with Crippen molar-refractivity contribution in [1.82, 2.24) is 20.4 Å². The van der Waals surface area contributed by atoms with Crippen LogP contribution in [0.1, 0.15) is 70.3 Å². The molecule has 2 amide bonds. The zero-order chi connectivity index (χ0) is 24.3. The molecule has 2 N–H and O–H groups in total. The molecule has 1 saturated heterocycles. The SMILES string of the molecule is CN[C@@H](C)C(=O)N[C@H](C(=O)N1CCCC1CN(C)CCCCc1ccccc1)C1CCCCC1. The number of unbranched alkanes of at least 4 members (excludes halogenated alkanes) is 1. The quantitative estimate of drug-likeness (QED) is 0.458. The van der Waals surface area contributed by atoms with Crippen molar-refractivity contribution in [3.8, 4) is 0 Å². The highest BCUT2D eigenvalue weighted by atomic mass is 16.2. The lowest BCUT2D eigenvalue weighted by Crippen LogP contribution is -2.57. The van der Waals surface area contributed by atoms with Crippen LogP contribution < -0.4 is 10.6 Å². The second-order valence-electron chi connectivity index (χ2n) is 10.4. The van der Waals surface area contributed by atoms with Crippen molar-refractivity contribution in [2.75, 3.05) is 33.7 Å². The van der Waals surface area contributed by atoms with Crippen LogP contribution in [0.3, 0.4) is 0 Å². The van der Waals surface area contributed by atoms with Crippen LogP contribution in [0.15, 0.2) is 30.3 Å². The summed E-state index contributed by atoms with van der Waals surface area (Å²) in [5.74, 6) is 0.326. The lowest BCUT2D eigenvalue weighted by atomic mass is 9.83. The molecule has 3 atom stereocenters. The third-order valence-electron chi connectivity index (χ3n) is 7.79. The molecule has 0 spiro atoms. The van der Waals surface area contributed by atoms with Gasteiger partial charge in [0, 0.05) is 19.1 Å². The van der Waals surface area contributed by atoms with E-state index in [2.05, 4.69) is 57.8 Å². The van der Waals surface area contributed by atoms with Gasteiger partial charge in [0.2, 0.25) is 11.8 Å². The second-order valence-corrected chi connectivity index (χ2v) is 10.4. The molecule has 1 aliphatic heterocycles. The Balaban J connectivity index is 1.53. The van der Waals surface area contributed by atoms with Gasteiger partial charge in [0.25, 0.3) is 0 Å². The maximum absolute atomic E-state index is 13.8. The van der Waals surface area contributed by atoms with E-state index in [1.807, 2.05) is 6.92 Å². The van der Waals surface area contributed by atoms with Gasteiger partial charge < -0.3 is 20.4 Å². The largest absolute Gasteiger partial charge is 0.343 e. The van der Waals surface area contributed by atoms with Gasteiger partial charge in [0.1, 0.15) is 6.04 Å². The van der Waals surface area contributed by atoms with Gasteiger partial charge in [-0.15, -0.1) is 0 Å². The molecule has 2 fully saturated rings. The number of carbonyl (C=O) groups is 2. The minimum atomic E-state index is -0.389. The summed E-state index contributed by atoms with van der Waals surface area (Å²) in [6.45, 7) is 4.62. The first-order valence-electron chi connectivity index (χ1n) is 13.5. The molecule has 1 aliphatic carbocycles. The topological polar surface area (TPSA) is 64.7 Å². The minimum Gasteiger partial charge on any atom is -0.343 e. The van der Waals surface area contributed by atoms with Gasteiger partial charge >= 0.3 is 0 Å². The third kappa shape index (κ3) is 7.81. The van der Waals surface area contributed by atoms with Crippen LogP contribution in [0.2, 0.25) is 0 Å². The molecule has 34 heavy (non-hydrogen) atoms. The zero-order valence-electron chi connectivity index (χ0n) is 21.6. The maximum Gasteiger partial charge on any atom is 0.245 e. The molecule has 1 aromatic rings.